The number of benzene rings is 2. The summed E-state index contributed by atoms with van der Waals surface area (Å²) in [5, 5.41) is 5.88. The summed E-state index contributed by atoms with van der Waals surface area (Å²) < 4.78 is 0. The molecule has 2 atom stereocenters. The maximum Gasteiger partial charge on any atom is 0.224 e. The lowest BCUT2D eigenvalue weighted by Gasteiger charge is -2.34. The van der Waals surface area contributed by atoms with Gasteiger partial charge in [-0.1, -0.05) is 60.7 Å². The van der Waals surface area contributed by atoms with Crippen LogP contribution in [0.2, 0.25) is 0 Å². The van der Waals surface area contributed by atoms with Gasteiger partial charge in [-0.15, -0.1) is 0 Å². The van der Waals surface area contributed by atoms with Crippen molar-refractivity contribution in [1.82, 2.24) is 10.6 Å². The van der Waals surface area contributed by atoms with Gasteiger partial charge < -0.3 is 10.6 Å². The highest BCUT2D eigenvalue weighted by molar-refractivity contribution is 5.89. The van der Waals surface area contributed by atoms with Gasteiger partial charge >= 0.3 is 0 Å². The average Bonchev–Trinajstić information content (AvgIpc) is 2.59. The molecule has 1 fully saturated rings. The molecule has 4 nitrogen and oxygen atoms in total. The van der Waals surface area contributed by atoms with Gasteiger partial charge in [-0.25, -0.2) is 0 Å². The molecule has 3 rings (SSSR count). The first-order valence-electron chi connectivity index (χ1n) is 8.37. The van der Waals surface area contributed by atoms with Gasteiger partial charge in [0.15, 0.2) is 0 Å². The van der Waals surface area contributed by atoms with Gasteiger partial charge in [-0.05, 0) is 24.0 Å². The summed E-state index contributed by atoms with van der Waals surface area (Å²) >= 11 is 0. The molecule has 2 aromatic rings. The fourth-order valence-electron chi connectivity index (χ4n) is 2.96. The number of rotatable bonds is 6. The van der Waals surface area contributed by atoms with Gasteiger partial charge in [0.1, 0.15) is 0 Å². The van der Waals surface area contributed by atoms with E-state index < -0.39 is 0 Å². The molecule has 1 aliphatic carbocycles. The van der Waals surface area contributed by atoms with E-state index in [2.05, 4.69) is 10.6 Å². The minimum atomic E-state index is -0.204. The molecule has 0 radical (unpaired) electrons. The summed E-state index contributed by atoms with van der Waals surface area (Å²) in [6.07, 6.45) is 1.56. The van der Waals surface area contributed by atoms with Crippen LogP contribution in [0.5, 0.6) is 0 Å². The lowest BCUT2D eigenvalue weighted by molar-refractivity contribution is -0.140. The van der Waals surface area contributed by atoms with Crippen molar-refractivity contribution >= 4 is 11.8 Å². The van der Waals surface area contributed by atoms with E-state index in [0.717, 1.165) is 24.0 Å². The first kappa shape index (κ1) is 16.2. The fourth-order valence-corrected chi connectivity index (χ4v) is 2.96. The van der Waals surface area contributed by atoms with E-state index in [9.17, 15) is 9.59 Å². The van der Waals surface area contributed by atoms with Crippen molar-refractivity contribution in [3.63, 3.8) is 0 Å². The Morgan fingerprint density at radius 1 is 0.708 bits per heavy atom. The molecular formula is C20H22N2O2. The van der Waals surface area contributed by atoms with Crippen molar-refractivity contribution < 1.29 is 9.59 Å². The van der Waals surface area contributed by atoms with Crippen LogP contribution in [0.1, 0.15) is 24.0 Å². The standard InChI is InChI=1S/C20H22N2O2/c23-19(21-13-15-7-3-1-4-8-15)17-11-12-18(17)20(24)22-14-16-9-5-2-6-10-16/h1-10,17-18H,11-14H2,(H,21,23)(H,22,24)/t17-,18-/m1/s1. The number of carbonyl (C=O) groups excluding carboxylic acids is 2. The van der Waals surface area contributed by atoms with E-state index in [1.165, 1.54) is 0 Å². The van der Waals surface area contributed by atoms with Crippen molar-refractivity contribution in [3.05, 3.63) is 71.8 Å². The average molecular weight is 322 g/mol. The number of nitrogens with one attached hydrogen (secondary N) is 2. The van der Waals surface area contributed by atoms with Crippen molar-refractivity contribution in [2.24, 2.45) is 11.8 Å². The zero-order valence-electron chi connectivity index (χ0n) is 13.6. The summed E-state index contributed by atoms with van der Waals surface area (Å²) in [7, 11) is 0. The van der Waals surface area contributed by atoms with Crippen molar-refractivity contribution in [2.45, 2.75) is 25.9 Å². The zero-order chi connectivity index (χ0) is 16.8. The lowest BCUT2D eigenvalue weighted by atomic mass is 9.72. The normalized spacial score (nSPS) is 19.2. The van der Waals surface area contributed by atoms with E-state index in [0.29, 0.717) is 13.1 Å². The van der Waals surface area contributed by atoms with E-state index in [1.807, 2.05) is 60.7 Å². The van der Waals surface area contributed by atoms with Crippen LogP contribution in [0.3, 0.4) is 0 Å². The van der Waals surface area contributed by atoms with Gasteiger partial charge in [0.2, 0.25) is 11.8 Å². The first-order chi connectivity index (χ1) is 11.7. The van der Waals surface area contributed by atoms with Crippen LogP contribution in [0, 0.1) is 11.8 Å². The van der Waals surface area contributed by atoms with Gasteiger partial charge in [-0.3, -0.25) is 9.59 Å². The molecule has 24 heavy (non-hydrogen) atoms. The third-order valence-corrected chi connectivity index (χ3v) is 4.57. The number of carbonyl (C=O) groups is 2. The summed E-state index contributed by atoms with van der Waals surface area (Å²) in [5.41, 5.74) is 2.13. The Balaban J connectivity index is 1.46. The van der Waals surface area contributed by atoms with E-state index in [1.54, 1.807) is 0 Å². The predicted molar refractivity (Wildman–Crippen MR) is 92.8 cm³/mol. The maximum atomic E-state index is 12.3. The van der Waals surface area contributed by atoms with Crippen LogP contribution < -0.4 is 10.6 Å². The monoisotopic (exact) mass is 322 g/mol. The Morgan fingerprint density at radius 3 is 1.42 bits per heavy atom. The van der Waals surface area contributed by atoms with Crippen LogP contribution >= 0.6 is 0 Å². The van der Waals surface area contributed by atoms with Gasteiger partial charge in [0, 0.05) is 24.9 Å². The van der Waals surface area contributed by atoms with Crippen LogP contribution in [0.15, 0.2) is 60.7 Å². The molecular weight excluding hydrogens is 300 g/mol. The molecule has 2 N–H and O–H groups in total. The third kappa shape index (κ3) is 4.02. The Labute approximate surface area is 142 Å². The van der Waals surface area contributed by atoms with E-state index >= 15 is 0 Å². The van der Waals surface area contributed by atoms with Gasteiger partial charge in [-0.2, -0.15) is 0 Å². The second kappa shape index (κ2) is 7.77. The molecule has 4 heteroatoms. The second-order valence-electron chi connectivity index (χ2n) is 6.20. The smallest absolute Gasteiger partial charge is 0.224 e. The topological polar surface area (TPSA) is 58.2 Å². The van der Waals surface area contributed by atoms with E-state index in [-0.39, 0.29) is 23.7 Å². The largest absolute Gasteiger partial charge is 0.352 e. The molecule has 0 spiro atoms. The predicted octanol–water partition coefficient (Wildman–Crippen LogP) is 2.65. The second-order valence-corrected chi connectivity index (χ2v) is 6.20. The van der Waals surface area contributed by atoms with Crippen LogP contribution in [-0.4, -0.2) is 11.8 Å². The van der Waals surface area contributed by atoms with Gasteiger partial charge in [0.25, 0.3) is 0 Å². The molecule has 124 valence electrons. The van der Waals surface area contributed by atoms with Gasteiger partial charge in [0.05, 0.1) is 0 Å². The Hall–Kier alpha value is -2.62. The lowest BCUT2D eigenvalue weighted by Crippen LogP contribution is -2.47. The summed E-state index contributed by atoms with van der Waals surface area (Å²) in [4.78, 5) is 24.6. The Morgan fingerprint density at radius 2 is 1.08 bits per heavy atom. The van der Waals surface area contributed by atoms with Crippen LogP contribution in [0.4, 0.5) is 0 Å². The Bertz CT molecular complexity index is 624. The van der Waals surface area contributed by atoms with Crippen LogP contribution in [-0.2, 0) is 22.7 Å². The van der Waals surface area contributed by atoms with E-state index in [4.69, 9.17) is 0 Å². The zero-order valence-corrected chi connectivity index (χ0v) is 13.6. The summed E-state index contributed by atoms with van der Waals surface area (Å²) in [6, 6.07) is 19.6. The molecule has 0 aromatic heterocycles. The third-order valence-electron chi connectivity index (χ3n) is 4.57. The molecule has 0 heterocycles. The number of amides is 2. The summed E-state index contributed by atoms with van der Waals surface area (Å²) in [5.74, 6) is -0.455. The van der Waals surface area contributed by atoms with Crippen molar-refractivity contribution in [1.29, 1.82) is 0 Å². The van der Waals surface area contributed by atoms with Crippen molar-refractivity contribution in [3.8, 4) is 0 Å². The quantitative estimate of drug-likeness (QED) is 0.859. The minimum absolute atomic E-state index is 0.0232. The van der Waals surface area contributed by atoms with Crippen molar-refractivity contribution in [2.75, 3.05) is 0 Å². The summed E-state index contributed by atoms with van der Waals surface area (Å²) in [6.45, 7) is 1.02. The highest BCUT2D eigenvalue weighted by Crippen LogP contribution is 2.34. The SMILES string of the molecule is O=C(NCc1ccccc1)[C@@H]1CC[C@H]1C(=O)NCc1ccccc1. The molecule has 0 bridgehead atoms. The van der Waals surface area contributed by atoms with Crippen LogP contribution in [0.25, 0.3) is 0 Å². The molecule has 2 amide bonds. The molecule has 1 saturated carbocycles. The first-order valence-corrected chi connectivity index (χ1v) is 8.37. The molecule has 2 aromatic carbocycles. The highest BCUT2D eigenvalue weighted by Gasteiger charge is 2.40. The molecule has 1 aliphatic rings. The molecule has 0 saturated heterocycles. The molecule has 0 unspecified atom stereocenters. The highest BCUT2D eigenvalue weighted by atomic mass is 16.2. The Kier molecular flexibility index (Phi) is 5.26. The fraction of sp³-hybridized carbons (Fsp3) is 0.300. The molecule has 0 aliphatic heterocycles. The number of hydrogen-bond donors (Lipinski definition) is 2. The maximum absolute atomic E-state index is 12.3. The number of hydrogen-bond acceptors (Lipinski definition) is 2. The minimum Gasteiger partial charge on any atom is -0.352 e.